The third-order valence-corrected chi connectivity index (χ3v) is 8.97. The maximum atomic E-state index is 12.2. The first-order valence-corrected chi connectivity index (χ1v) is 20.4. The molecule has 1 atom stereocenters. The fraction of sp³-hybridized carbons (Fsp3) is 0.857. The van der Waals surface area contributed by atoms with E-state index in [2.05, 4.69) is 38.2 Å². The Bertz CT molecular complexity index is 716. The Hall–Kier alpha value is -1.62. The van der Waals surface area contributed by atoms with E-state index < -0.39 is 6.10 Å². The highest BCUT2D eigenvalue weighted by Crippen LogP contribution is 2.14. The number of aliphatic hydroxyl groups is 1. The Morgan fingerprint density at radius 3 is 1.19 bits per heavy atom. The molecule has 1 N–H and O–H groups in total. The molecule has 47 heavy (non-hydrogen) atoms. The van der Waals surface area contributed by atoms with Gasteiger partial charge in [-0.05, 0) is 64.2 Å². The number of allylic oxidation sites excluding steroid dienone is 4. The number of hydrogen-bond acceptors (Lipinski definition) is 5. The molecular formula is C42H78O5. The van der Waals surface area contributed by atoms with E-state index in [1.165, 1.54) is 141 Å². The third kappa shape index (κ3) is 37.1. The maximum Gasteiger partial charge on any atom is 0.306 e. The number of esters is 2. The van der Waals surface area contributed by atoms with Gasteiger partial charge < -0.3 is 14.6 Å². The van der Waals surface area contributed by atoms with Crippen LogP contribution in [0.2, 0.25) is 0 Å². The van der Waals surface area contributed by atoms with Crippen LogP contribution in [0.15, 0.2) is 24.3 Å². The van der Waals surface area contributed by atoms with Gasteiger partial charge in [-0.15, -0.1) is 0 Å². The van der Waals surface area contributed by atoms with Crippen LogP contribution >= 0.6 is 0 Å². The van der Waals surface area contributed by atoms with E-state index in [4.69, 9.17) is 9.47 Å². The lowest BCUT2D eigenvalue weighted by Gasteiger charge is -2.15. The van der Waals surface area contributed by atoms with Gasteiger partial charge in [-0.3, -0.25) is 9.59 Å². The highest BCUT2D eigenvalue weighted by atomic mass is 16.6. The van der Waals surface area contributed by atoms with Gasteiger partial charge in [0.2, 0.25) is 0 Å². The number of carbonyl (C=O) groups excluding carboxylic acids is 2. The van der Waals surface area contributed by atoms with E-state index in [0.717, 1.165) is 44.9 Å². The van der Waals surface area contributed by atoms with Crippen molar-refractivity contribution in [2.24, 2.45) is 0 Å². The van der Waals surface area contributed by atoms with Gasteiger partial charge in [0.25, 0.3) is 0 Å². The molecule has 5 nitrogen and oxygen atoms in total. The molecule has 0 aromatic rings. The number of aliphatic hydroxyl groups excluding tert-OH is 1. The molecule has 0 aromatic heterocycles. The van der Waals surface area contributed by atoms with Gasteiger partial charge in [0.1, 0.15) is 6.61 Å². The predicted molar refractivity (Wildman–Crippen MR) is 201 cm³/mol. The topological polar surface area (TPSA) is 72.8 Å². The first-order chi connectivity index (χ1) is 23.1. The van der Waals surface area contributed by atoms with E-state index in [9.17, 15) is 14.7 Å². The Morgan fingerprint density at radius 2 is 0.787 bits per heavy atom. The molecule has 0 heterocycles. The number of rotatable bonds is 37. The lowest BCUT2D eigenvalue weighted by Crippen LogP contribution is -2.28. The minimum atomic E-state index is -0.771. The molecule has 0 aliphatic rings. The zero-order chi connectivity index (χ0) is 34.3. The van der Waals surface area contributed by atoms with Crippen LogP contribution in [0, 0.1) is 0 Å². The minimum absolute atomic E-state index is 0.0682. The van der Waals surface area contributed by atoms with Gasteiger partial charge in [-0.2, -0.15) is 0 Å². The summed E-state index contributed by atoms with van der Waals surface area (Å²) < 4.78 is 10.6. The second-order valence-electron chi connectivity index (χ2n) is 13.7. The van der Waals surface area contributed by atoms with Gasteiger partial charge in [0.15, 0.2) is 6.10 Å². The van der Waals surface area contributed by atoms with Crippen molar-refractivity contribution in [3.63, 3.8) is 0 Å². The fourth-order valence-corrected chi connectivity index (χ4v) is 5.84. The molecule has 0 saturated heterocycles. The molecule has 0 amide bonds. The lowest BCUT2D eigenvalue weighted by atomic mass is 10.1. The second-order valence-corrected chi connectivity index (χ2v) is 13.7. The molecule has 0 aromatic carbocycles. The van der Waals surface area contributed by atoms with Crippen LogP contribution in [0.25, 0.3) is 0 Å². The molecule has 0 saturated carbocycles. The van der Waals surface area contributed by atoms with Crippen LogP contribution in [0.4, 0.5) is 0 Å². The Balaban J connectivity index is 3.51. The van der Waals surface area contributed by atoms with Crippen LogP contribution in [0.5, 0.6) is 0 Å². The summed E-state index contributed by atoms with van der Waals surface area (Å²) in [6.45, 7) is 4.11. The number of unbranched alkanes of at least 4 members (excludes halogenated alkanes) is 25. The molecule has 1 unspecified atom stereocenters. The van der Waals surface area contributed by atoms with Crippen molar-refractivity contribution in [3.05, 3.63) is 24.3 Å². The van der Waals surface area contributed by atoms with Crippen molar-refractivity contribution >= 4 is 11.9 Å². The van der Waals surface area contributed by atoms with Gasteiger partial charge in [-0.1, -0.05) is 160 Å². The molecule has 0 aliphatic carbocycles. The molecule has 0 rings (SSSR count). The first-order valence-electron chi connectivity index (χ1n) is 20.4. The molecule has 0 spiro atoms. The Kier molecular flexibility index (Phi) is 37.5. The van der Waals surface area contributed by atoms with Crippen molar-refractivity contribution < 1.29 is 24.2 Å². The quantitative estimate of drug-likeness (QED) is 0.0407. The number of hydrogen-bond donors (Lipinski definition) is 1. The average molecular weight is 663 g/mol. The molecule has 0 bridgehead atoms. The average Bonchev–Trinajstić information content (AvgIpc) is 3.07. The van der Waals surface area contributed by atoms with E-state index in [0.29, 0.717) is 12.8 Å². The van der Waals surface area contributed by atoms with Crippen molar-refractivity contribution in [1.29, 1.82) is 0 Å². The maximum absolute atomic E-state index is 12.2. The van der Waals surface area contributed by atoms with Crippen LogP contribution in [0.1, 0.15) is 213 Å². The monoisotopic (exact) mass is 663 g/mol. The third-order valence-electron chi connectivity index (χ3n) is 8.97. The fourth-order valence-electron chi connectivity index (χ4n) is 5.84. The molecule has 0 radical (unpaired) electrons. The zero-order valence-corrected chi connectivity index (χ0v) is 31.3. The van der Waals surface area contributed by atoms with Crippen LogP contribution < -0.4 is 0 Å². The summed E-state index contributed by atoms with van der Waals surface area (Å²) in [6.07, 6.45) is 45.3. The first kappa shape index (κ1) is 45.4. The smallest absolute Gasteiger partial charge is 0.306 e. The van der Waals surface area contributed by atoms with Crippen molar-refractivity contribution in [3.8, 4) is 0 Å². The van der Waals surface area contributed by atoms with Crippen LogP contribution in [0.3, 0.4) is 0 Å². The summed E-state index contributed by atoms with van der Waals surface area (Å²) >= 11 is 0. The predicted octanol–water partition coefficient (Wildman–Crippen LogP) is 12.7. The molecular weight excluding hydrogens is 584 g/mol. The molecule has 0 aliphatic heterocycles. The summed E-state index contributed by atoms with van der Waals surface area (Å²) in [7, 11) is 0. The summed E-state index contributed by atoms with van der Waals surface area (Å²) in [4.78, 5) is 24.2. The van der Waals surface area contributed by atoms with Crippen LogP contribution in [-0.4, -0.2) is 36.4 Å². The second kappa shape index (κ2) is 38.8. The standard InChI is InChI=1S/C42H78O5/c1-3-5-7-9-11-13-15-17-18-19-20-21-22-23-24-25-27-29-31-33-35-37-42(45)47-40(38-43)39-46-41(44)36-34-32-30-28-26-16-14-12-10-8-6-4-2/h12,14,19-20,40,43H,3-11,13,15-18,21-39H2,1-2H3/b14-12-,20-19-. The van der Waals surface area contributed by atoms with Crippen molar-refractivity contribution in [1.82, 2.24) is 0 Å². The van der Waals surface area contributed by atoms with Gasteiger partial charge in [-0.25, -0.2) is 0 Å². The highest BCUT2D eigenvalue weighted by Gasteiger charge is 2.16. The van der Waals surface area contributed by atoms with E-state index in [-0.39, 0.29) is 25.2 Å². The van der Waals surface area contributed by atoms with E-state index in [1.807, 2.05) is 0 Å². The molecule has 0 fully saturated rings. The van der Waals surface area contributed by atoms with E-state index in [1.54, 1.807) is 0 Å². The Labute approximate surface area is 292 Å². The van der Waals surface area contributed by atoms with Gasteiger partial charge in [0.05, 0.1) is 6.61 Å². The lowest BCUT2D eigenvalue weighted by molar-refractivity contribution is -0.161. The minimum Gasteiger partial charge on any atom is -0.462 e. The number of ether oxygens (including phenoxy) is 2. The largest absolute Gasteiger partial charge is 0.462 e. The van der Waals surface area contributed by atoms with Crippen molar-refractivity contribution in [2.45, 2.75) is 219 Å². The molecule has 5 heteroatoms. The summed E-state index contributed by atoms with van der Waals surface area (Å²) in [6, 6.07) is 0. The van der Waals surface area contributed by atoms with E-state index >= 15 is 0 Å². The summed E-state index contributed by atoms with van der Waals surface area (Å²) in [5.74, 6) is -0.599. The summed E-state index contributed by atoms with van der Waals surface area (Å²) in [5, 5.41) is 9.55. The summed E-state index contributed by atoms with van der Waals surface area (Å²) in [5.41, 5.74) is 0. The highest BCUT2D eigenvalue weighted by molar-refractivity contribution is 5.70. The van der Waals surface area contributed by atoms with Crippen LogP contribution in [-0.2, 0) is 19.1 Å². The molecule has 276 valence electrons. The van der Waals surface area contributed by atoms with Gasteiger partial charge in [0, 0.05) is 12.8 Å². The Morgan fingerprint density at radius 1 is 0.468 bits per heavy atom. The normalized spacial score (nSPS) is 12.3. The number of carbonyl (C=O) groups is 2. The van der Waals surface area contributed by atoms with Crippen molar-refractivity contribution in [2.75, 3.05) is 13.2 Å². The SMILES string of the molecule is CCCCC/C=C\CCCCCCCC(=O)OCC(CO)OC(=O)CCCCCCCCCCC/C=C\CCCCCCCCCC. The van der Waals surface area contributed by atoms with Gasteiger partial charge >= 0.3 is 11.9 Å². The zero-order valence-electron chi connectivity index (χ0n) is 31.3.